The highest BCUT2D eigenvalue weighted by atomic mass is 16.6. The molecule has 0 saturated heterocycles. The fourth-order valence-corrected chi connectivity index (χ4v) is 2.75. The van der Waals surface area contributed by atoms with Crippen molar-refractivity contribution in [2.24, 2.45) is 0 Å². The summed E-state index contributed by atoms with van der Waals surface area (Å²) in [5.41, 5.74) is 0.356. The van der Waals surface area contributed by atoms with Gasteiger partial charge in [0.1, 0.15) is 11.3 Å². The molecule has 0 radical (unpaired) electrons. The van der Waals surface area contributed by atoms with E-state index in [1.807, 2.05) is 18.2 Å². The average molecular weight is 312 g/mol. The Labute approximate surface area is 138 Å². The van der Waals surface area contributed by atoms with Crippen LogP contribution >= 0.6 is 0 Å². The van der Waals surface area contributed by atoms with E-state index in [0.717, 1.165) is 24.8 Å². The molecule has 1 N–H and O–H groups in total. The van der Waals surface area contributed by atoms with Gasteiger partial charge in [0.2, 0.25) is 0 Å². The summed E-state index contributed by atoms with van der Waals surface area (Å²) in [5.74, 6) is 5.59. The van der Waals surface area contributed by atoms with Gasteiger partial charge in [-0.2, -0.15) is 0 Å². The molecule has 1 aromatic rings. The van der Waals surface area contributed by atoms with Crippen LogP contribution in [-0.4, -0.2) is 16.7 Å². The van der Waals surface area contributed by atoms with Gasteiger partial charge in [-0.25, -0.2) is 4.79 Å². The molecule has 0 saturated carbocycles. The van der Waals surface area contributed by atoms with Crippen LogP contribution in [-0.2, 0) is 4.74 Å². The van der Waals surface area contributed by atoms with Gasteiger partial charge in [-0.15, -0.1) is 5.92 Å². The minimum absolute atomic E-state index is 0.0542. The minimum atomic E-state index is -0.872. The lowest BCUT2D eigenvalue weighted by Crippen LogP contribution is -2.33. The van der Waals surface area contributed by atoms with Gasteiger partial charge in [-0.1, -0.05) is 31.9 Å². The third kappa shape index (κ3) is 3.96. The summed E-state index contributed by atoms with van der Waals surface area (Å²) in [5, 5.41) is 10.0. The van der Waals surface area contributed by atoms with Crippen molar-refractivity contribution in [3.63, 3.8) is 0 Å². The zero-order valence-electron chi connectivity index (χ0n) is 14.1. The van der Waals surface area contributed by atoms with Gasteiger partial charge in [0.05, 0.1) is 0 Å². The molecule has 0 heterocycles. The second kappa shape index (κ2) is 7.37. The highest BCUT2D eigenvalue weighted by Crippen LogP contribution is 2.30. The number of allylic oxidation sites excluding steroid dienone is 1. The number of aromatic hydroxyl groups is 1. The van der Waals surface area contributed by atoms with Crippen LogP contribution < -0.4 is 0 Å². The first-order valence-corrected chi connectivity index (χ1v) is 8.19. The average Bonchev–Trinajstić information content (AvgIpc) is 2.55. The molecular weight excluding hydrogens is 288 g/mol. The summed E-state index contributed by atoms with van der Waals surface area (Å²) < 4.78 is 5.70. The Morgan fingerprint density at radius 2 is 2.26 bits per heavy atom. The van der Waals surface area contributed by atoms with Crippen molar-refractivity contribution in [2.75, 3.05) is 0 Å². The van der Waals surface area contributed by atoms with Crippen molar-refractivity contribution in [1.29, 1.82) is 0 Å². The first-order chi connectivity index (χ1) is 11.0. The van der Waals surface area contributed by atoms with Crippen molar-refractivity contribution in [3.8, 4) is 17.6 Å². The van der Waals surface area contributed by atoms with Gasteiger partial charge in [0, 0.05) is 6.42 Å². The largest absolute Gasteiger partial charge is 0.507 e. The number of carbonyl (C=O) groups is 1. The summed E-state index contributed by atoms with van der Waals surface area (Å²) in [4.78, 5) is 12.6. The zero-order chi connectivity index (χ0) is 16.9. The number of hydrogen-bond donors (Lipinski definition) is 1. The SMILES string of the molecule is CC#CC1(OC(=O)c2cc(C(C)CC)ccc2O)C=CCCC1. The number of esters is 1. The molecule has 2 atom stereocenters. The molecule has 3 heteroatoms. The maximum Gasteiger partial charge on any atom is 0.343 e. The predicted molar refractivity (Wildman–Crippen MR) is 91.4 cm³/mol. The van der Waals surface area contributed by atoms with Crippen molar-refractivity contribution < 1.29 is 14.6 Å². The molecule has 2 rings (SSSR count). The Hall–Kier alpha value is -2.21. The number of rotatable bonds is 4. The second-order valence-corrected chi connectivity index (χ2v) is 6.03. The van der Waals surface area contributed by atoms with Gasteiger partial charge in [-0.3, -0.25) is 0 Å². The Kier molecular flexibility index (Phi) is 5.50. The Morgan fingerprint density at radius 3 is 2.87 bits per heavy atom. The number of phenols is 1. The van der Waals surface area contributed by atoms with E-state index in [-0.39, 0.29) is 11.3 Å². The third-order valence-corrected chi connectivity index (χ3v) is 4.34. The number of carbonyl (C=O) groups excluding carboxylic acids is 1. The van der Waals surface area contributed by atoms with Crippen LogP contribution in [0.3, 0.4) is 0 Å². The molecule has 0 aromatic heterocycles. The fraction of sp³-hybridized carbons (Fsp3) is 0.450. The van der Waals surface area contributed by atoms with Crippen LogP contribution in [0.2, 0.25) is 0 Å². The van der Waals surface area contributed by atoms with E-state index < -0.39 is 11.6 Å². The van der Waals surface area contributed by atoms with Crippen molar-refractivity contribution >= 4 is 5.97 Å². The molecule has 0 spiro atoms. The second-order valence-electron chi connectivity index (χ2n) is 6.03. The number of hydrogen-bond acceptors (Lipinski definition) is 3. The van der Waals surface area contributed by atoms with Gasteiger partial charge in [0.25, 0.3) is 0 Å². The lowest BCUT2D eigenvalue weighted by molar-refractivity contribution is 0.0190. The van der Waals surface area contributed by atoms with Gasteiger partial charge in [-0.05, 0) is 55.9 Å². The molecule has 2 unspecified atom stereocenters. The van der Waals surface area contributed by atoms with E-state index in [1.54, 1.807) is 19.1 Å². The summed E-state index contributed by atoms with van der Waals surface area (Å²) in [6.45, 7) is 5.92. The molecule has 3 nitrogen and oxygen atoms in total. The standard InChI is InChI=1S/C20H24O3/c1-4-11-20(12-7-6-8-13-20)23-19(22)17-14-16(15(3)5-2)9-10-18(17)21/h7,9-10,12,14-15,21H,5-6,8,13H2,1-3H3. The highest BCUT2D eigenvalue weighted by molar-refractivity contribution is 5.93. The quantitative estimate of drug-likeness (QED) is 0.503. The van der Waals surface area contributed by atoms with Crippen LogP contribution in [0.4, 0.5) is 0 Å². The molecular formula is C20H24O3. The van der Waals surface area contributed by atoms with E-state index >= 15 is 0 Å². The predicted octanol–water partition coefficient (Wildman–Crippen LogP) is 4.56. The van der Waals surface area contributed by atoms with Crippen LogP contribution in [0.1, 0.15) is 68.3 Å². The highest BCUT2D eigenvalue weighted by Gasteiger charge is 2.32. The van der Waals surface area contributed by atoms with E-state index in [0.29, 0.717) is 12.3 Å². The molecule has 0 aliphatic heterocycles. The lowest BCUT2D eigenvalue weighted by atomic mass is 9.91. The molecule has 23 heavy (non-hydrogen) atoms. The molecule has 0 amide bonds. The fourth-order valence-electron chi connectivity index (χ4n) is 2.75. The van der Waals surface area contributed by atoms with E-state index in [1.165, 1.54) is 0 Å². The topological polar surface area (TPSA) is 46.5 Å². The molecule has 122 valence electrons. The number of benzene rings is 1. The van der Waals surface area contributed by atoms with Crippen molar-refractivity contribution in [1.82, 2.24) is 0 Å². The Bertz CT molecular complexity index is 663. The molecule has 0 bridgehead atoms. The summed E-state index contributed by atoms with van der Waals surface area (Å²) in [7, 11) is 0. The van der Waals surface area contributed by atoms with E-state index in [4.69, 9.17) is 4.74 Å². The smallest absolute Gasteiger partial charge is 0.343 e. The molecule has 1 aromatic carbocycles. The summed E-state index contributed by atoms with van der Waals surface area (Å²) in [6, 6.07) is 5.14. The Balaban J connectivity index is 2.30. The normalized spacial score (nSPS) is 21.2. The van der Waals surface area contributed by atoms with Gasteiger partial charge in [0.15, 0.2) is 5.60 Å². The number of phenolic OH excluding ortho intramolecular Hbond substituents is 1. The maximum atomic E-state index is 12.6. The van der Waals surface area contributed by atoms with E-state index in [9.17, 15) is 9.90 Å². The monoisotopic (exact) mass is 312 g/mol. The summed E-state index contributed by atoms with van der Waals surface area (Å²) in [6.07, 6.45) is 7.41. The van der Waals surface area contributed by atoms with Crippen molar-refractivity contribution in [3.05, 3.63) is 41.5 Å². The van der Waals surface area contributed by atoms with Crippen LogP contribution in [0.25, 0.3) is 0 Å². The first kappa shape index (κ1) is 17.1. The van der Waals surface area contributed by atoms with Crippen LogP contribution in [0.15, 0.2) is 30.4 Å². The first-order valence-electron chi connectivity index (χ1n) is 8.19. The lowest BCUT2D eigenvalue weighted by Gasteiger charge is -2.28. The third-order valence-electron chi connectivity index (χ3n) is 4.34. The molecule has 0 fully saturated rings. The van der Waals surface area contributed by atoms with Crippen LogP contribution in [0.5, 0.6) is 5.75 Å². The van der Waals surface area contributed by atoms with Gasteiger partial charge >= 0.3 is 5.97 Å². The number of ether oxygens (including phenoxy) is 1. The summed E-state index contributed by atoms with van der Waals surface area (Å²) >= 11 is 0. The Morgan fingerprint density at radius 1 is 1.48 bits per heavy atom. The molecule has 1 aliphatic carbocycles. The van der Waals surface area contributed by atoms with Crippen molar-refractivity contribution in [2.45, 2.75) is 58.0 Å². The van der Waals surface area contributed by atoms with E-state index in [2.05, 4.69) is 25.7 Å². The molecule has 1 aliphatic rings. The van der Waals surface area contributed by atoms with Crippen LogP contribution in [0, 0.1) is 11.8 Å². The van der Waals surface area contributed by atoms with Gasteiger partial charge < -0.3 is 9.84 Å². The maximum absolute atomic E-state index is 12.6. The minimum Gasteiger partial charge on any atom is -0.507 e. The zero-order valence-corrected chi connectivity index (χ0v) is 14.1.